The van der Waals surface area contributed by atoms with Gasteiger partial charge in [-0.2, -0.15) is 0 Å². The van der Waals surface area contributed by atoms with E-state index in [-0.39, 0.29) is 5.97 Å². The fourth-order valence-electron chi connectivity index (χ4n) is 1.98. The Balaban J connectivity index is 2.33. The molecule has 0 spiro atoms. The monoisotopic (exact) mass is 246 g/mol. The Morgan fingerprint density at radius 2 is 2.17 bits per heavy atom. The number of carbonyl (C=O) groups is 1. The van der Waals surface area contributed by atoms with E-state index in [9.17, 15) is 4.79 Å². The average Bonchev–Trinajstić information content (AvgIpc) is 2.79. The molecule has 0 saturated heterocycles. The molecule has 1 aromatic carbocycles. The summed E-state index contributed by atoms with van der Waals surface area (Å²) in [6, 6.07) is 6.00. The summed E-state index contributed by atoms with van der Waals surface area (Å²) >= 11 is 0. The van der Waals surface area contributed by atoms with Gasteiger partial charge in [-0.05, 0) is 37.5 Å². The molecular formula is C15H18O3. The van der Waals surface area contributed by atoms with Crippen molar-refractivity contribution in [3.8, 4) is 0 Å². The van der Waals surface area contributed by atoms with Crippen LogP contribution in [0.3, 0.4) is 0 Å². The van der Waals surface area contributed by atoms with Crippen LogP contribution in [0.1, 0.15) is 42.6 Å². The van der Waals surface area contributed by atoms with Gasteiger partial charge < -0.3 is 9.15 Å². The van der Waals surface area contributed by atoms with E-state index in [0.717, 1.165) is 30.2 Å². The molecule has 0 atom stereocenters. The minimum atomic E-state index is -0.316. The van der Waals surface area contributed by atoms with Gasteiger partial charge >= 0.3 is 5.97 Å². The van der Waals surface area contributed by atoms with Crippen molar-refractivity contribution >= 4 is 16.9 Å². The number of furan rings is 1. The first kappa shape index (κ1) is 12.7. The van der Waals surface area contributed by atoms with E-state index >= 15 is 0 Å². The highest BCUT2D eigenvalue weighted by molar-refractivity contribution is 6.03. The highest BCUT2D eigenvalue weighted by Gasteiger charge is 2.14. The van der Waals surface area contributed by atoms with Crippen LogP contribution in [0, 0.1) is 0 Å². The van der Waals surface area contributed by atoms with Crippen LogP contribution in [0.2, 0.25) is 0 Å². The van der Waals surface area contributed by atoms with Gasteiger partial charge in [0.1, 0.15) is 17.4 Å². The first-order chi connectivity index (χ1) is 8.76. The molecular weight excluding hydrogens is 228 g/mol. The van der Waals surface area contributed by atoms with Gasteiger partial charge in [-0.1, -0.05) is 19.4 Å². The first-order valence-electron chi connectivity index (χ1n) is 6.43. The van der Waals surface area contributed by atoms with Crippen LogP contribution < -0.4 is 0 Å². The Morgan fingerprint density at radius 3 is 2.89 bits per heavy atom. The lowest BCUT2D eigenvalue weighted by molar-refractivity contribution is 0.0527. The van der Waals surface area contributed by atoms with E-state index in [0.29, 0.717) is 12.2 Å². The number of benzene rings is 1. The second kappa shape index (κ2) is 5.71. The van der Waals surface area contributed by atoms with Crippen molar-refractivity contribution in [2.24, 2.45) is 0 Å². The van der Waals surface area contributed by atoms with Crippen LogP contribution in [0.15, 0.2) is 28.9 Å². The second-order valence-corrected chi connectivity index (χ2v) is 4.30. The molecule has 3 heteroatoms. The fourth-order valence-corrected chi connectivity index (χ4v) is 1.98. The predicted octanol–water partition coefficient (Wildman–Crippen LogP) is 3.95. The van der Waals surface area contributed by atoms with Crippen molar-refractivity contribution in [1.29, 1.82) is 0 Å². The first-order valence-corrected chi connectivity index (χ1v) is 6.43. The van der Waals surface area contributed by atoms with Crippen LogP contribution in [0.5, 0.6) is 0 Å². The van der Waals surface area contributed by atoms with Crippen LogP contribution in [0.4, 0.5) is 0 Å². The molecule has 0 fully saturated rings. The maximum Gasteiger partial charge on any atom is 0.342 e. The maximum atomic E-state index is 11.8. The van der Waals surface area contributed by atoms with E-state index in [1.807, 2.05) is 12.1 Å². The molecule has 96 valence electrons. The molecule has 1 aromatic heterocycles. The van der Waals surface area contributed by atoms with Gasteiger partial charge in [-0.25, -0.2) is 4.79 Å². The minimum absolute atomic E-state index is 0.316. The van der Waals surface area contributed by atoms with Gasteiger partial charge in [0.25, 0.3) is 0 Å². The molecule has 0 unspecified atom stereocenters. The lowest BCUT2D eigenvalue weighted by atomic mass is 10.0. The molecule has 0 aliphatic heterocycles. The van der Waals surface area contributed by atoms with Gasteiger partial charge in [0.2, 0.25) is 0 Å². The van der Waals surface area contributed by atoms with Crippen molar-refractivity contribution in [2.45, 2.75) is 33.1 Å². The van der Waals surface area contributed by atoms with Crippen molar-refractivity contribution in [3.05, 3.63) is 35.6 Å². The third-order valence-corrected chi connectivity index (χ3v) is 2.95. The maximum absolute atomic E-state index is 11.8. The zero-order chi connectivity index (χ0) is 13.0. The molecule has 3 nitrogen and oxygen atoms in total. The highest BCUT2D eigenvalue weighted by atomic mass is 16.5. The lowest BCUT2D eigenvalue weighted by Crippen LogP contribution is -2.03. The summed E-state index contributed by atoms with van der Waals surface area (Å²) in [4.78, 5) is 11.8. The highest BCUT2D eigenvalue weighted by Crippen LogP contribution is 2.24. The predicted molar refractivity (Wildman–Crippen MR) is 70.8 cm³/mol. The van der Waals surface area contributed by atoms with E-state index in [1.165, 1.54) is 11.8 Å². The topological polar surface area (TPSA) is 39.4 Å². The van der Waals surface area contributed by atoms with Gasteiger partial charge in [0, 0.05) is 5.39 Å². The third kappa shape index (κ3) is 2.55. The normalized spacial score (nSPS) is 10.8. The van der Waals surface area contributed by atoms with Crippen molar-refractivity contribution in [3.63, 3.8) is 0 Å². The smallest absolute Gasteiger partial charge is 0.342 e. The number of hydrogen-bond donors (Lipinski definition) is 0. The summed E-state index contributed by atoms with van der Waals surface area (Å²) in [6.45, 7) is 4.34. The van der Waals surface area contributed by atoms with Crippen molar-refractivity contribution in [2.75, 3.05) is 6.61 Å². The summed E-state index contributed by atoms with van der Waals surface area (Å²) in [7, 11) is 0. The number of carbonyl (C=O) groups excluding carboxylic acids is 1. The van der Waals surface area contributed by atoms with E-state index in [1.54, 1.807) is 6.92 Å². The molecule has 0 bridgehead atoms. The number of fused-ring (bicyclic) bond motifs is 1. The zero-order valence-corrected chi connectivity index (χ0v) is 10.9. The average molecular weight is 246 g/mol. The molecule has 1 heterocycles. The lowest BCUT2D eigenvalue weighted by Gasteiger charge is -2.01. The van der Waals surface area contributed by atoms with Crippen LogP contribution >= 0.6 is 0 Å². The number of esters is 1. The van der Waals surface area contributed by atoms with E-state index in [4.69, 9.17) is 9.15 Å². The molecule has 18 heavy (non-hydrogen) atoms. The summed E-state index contributed by atoms with van der Waals surface area (Å²) < 4.78 is 10.4. The quantitative estimate of drug-likeness (QED) is 0.750. The summed E-state index contributed by atoms with van der Waals surface area (Å²) in [5, 5.41) is 0.849. The molecule has 0 amide bonds. The van der Waals surface area contributed by atoms with Gasteiger partial charge in [-0.3, -0.25) is 0 Å². The molecule has 2 rings (SSSR count). The SMILES string of the molecule is CCCCc1ccc2occ(C(=O)OCC)c2c1. The van der Waals surface area contributed by atoms with E-state index < -0.39 is 0 Å². The molecule has 0 saturated carbocycles. The zero-order valence-electron chi connectivity index (χ0n) is 10.9. The summed E-state index contributed by atoms with van der Waals surface area (Å²) in [5.41, 5.74) is 2.49. The third-order valence-electron chi connectivity index (χ3n) is 2.95. The second-order valence-electron chi connectivity index (χ2n) is 4.30. The molecule has 0 aliphatic carbocycles. The standard InChI is InChI=1S/C15H18O3/c1-3-5-6-11-7-8-14-12(9-11)13(10-18-14)15(16)17-4-2/h7-10H,3-6H2,1-2H3. The number of ether oxygens (including phenoxy) is 1. The Hall–Kier alpha value is -1.77. The fraction of sp³-hybridized carbons (Fsp3) is 0.400. The summed E-state index contributed by atoms with van der Waals surface area (Å²) in [6.07, 6.45) is 4.82. The van der Waals surface area contributed by atoms with Crippen molar-refractivity contribution in [1.82, 2.24) is 0 Å². The molecule has 0 aliphatic rings. The Kier molecular flexibility index (Phi) is 4.03. The number of hydrogen-bond acceptors (Lipinski definition) is 3. The number of rotatable bonds is 5. The molecule has 2 aromatic rings. The van der Waals surface area contributed by atoms with Gasteiger partial charge in [0.05, 0.1) is 6.61 Å². The minimum Gasteiger partial charge on any atom is -0.463 e. The largest absolute Gasteiger partial charge is 0.463 e. The van der Waals surface area contributed by atoms with Gasteiger partial charge in [-0.15, -0.1) is 0 Å². The summed E-state index contributed by atoms with van der Waals surface area (Å²) in [5.74, 6) is -0.316. The van der Waals surface area contributed by atoms with E-state index in [2.05, 4.69) is 13.0 Å². The van der Waals surface area contributed by atoms with Crippen LogP contribution in [-0.4, -0.2) is 12.6 Å². The Morgan fingerprint density at radius 1 is 1.33 bits per heavy atom. The number of unbranched alkanes of at least 4 members (excludes halogenated alkanes) is 1. The molecule has 0 N–H and O–H groups in total. The Bertz CT molecular complexity index is 540. The van der Waals surface area contributed by atoms with Crippen LogP contribution in [-0.2, 0) is 11.2 Å². The number of aryl methyl sites for hydroxylation is 1. The molecule has 0 radical (unpaired) electrons. The Labute approximate surface area is 107 Å². The van der Waals surface area contributed by atoms with Crippen molar-refractivity contribution < 1.29 is 13.9 Å². The van der Waals surface area contributed by atoms with Gasteiger partial charge in [0.15, 0.2) is 0 Å². The van der Waals surface area contributed by atoms with Crippen LogP contribution in [0.25, 0.3) is 11.0 Å².